The first-order chi connectivity index (χ1) is 12.0. The predicted octanol–water partition coefficient (Wildman–Crippen LogP) is 2.86. The van der Waals surface area contributed by atoms with Gasteiger partial charge in [-0.25, -0.2) is 0 Å². The van der Waals surface area contributed by atoms with Crippen LogP contribution in [0.5, 0.6) is 0 Å². The van der Waals surface area contributed by atoms with Crippen LogP contribution in [-0.4, -0.2) is 60.5 Å². The quantitative estimate of drug-likeness (QED) is 0.755. The predicted molar refractivity (Wildman–Crippen MR) is 97.6 cm³/mol. The van der Waals surface area contributed by atoms with E-state index in [9.17, 15) is 9.59 Å². The molecule has 1 atom stereocenters. The summed E-state index contributed by atoms with van der Waals surface area (Å²) in [5.41, 5.74) is 0.742. The molecule has 0 bridgehead atoms. The Morgan fingerprint density at radius 1 is 1.12 bits per heavy atom. The molecule has 2 saturated heterocycles. The molecule has 0 aromatic heterocycles. The third-order valence-electron chi connectivity index (χ3n) is 4.48. The minimum Gasteiger partial charge on any atom is -0.368 e. The van der Waals surface area contributed by atoms with Crippen molar-refractivity contribution >= 4 is 41.1 Å². The van der Waals surface area contributed by atoms with Crippen LogP contribution in [0.15, 0.2) is 24.3 Å². The zero-order valence-corrected chi connectivity index (χ0v) is 15.3. The molecule has 7 heteroatoms. The topological polar surface area (TPSA) is 49.9 Å². The molecule has 0 aliphatic carbocycles. The van der Waals surface area contributed by atoms with Crippen LogP contribution in [0.2, 0.25) is 10.0 Å². The number of rotatable bonds is 3. The van der Waals surface area contributed by atoms with Crippen molar-refractivity contribution in [3.05, 3.63) is 39.9 Å². The Hall–Kier alpha value is -1.56. The first-order valence-electron chi connectivity index (χ1n) is 8.37. The van der Waals surface area contributed by atoms with Crippen molar-refractivity contribution in [1.82, 2.24) is 9.80 Å². The highest BCUT2D eigenvalue weighted by atomic mass is 35.5. The molecule has 0 spiro atoms. The molecule has 2 heterocycles. The summed E-state index contributed by atoms with van der Waals surface area (Å²) in [5.74, 6) is -0.0386. The van der Waals surface area contributed by atoms with Crippen molar-refractivity contribution in [2.24, 2.45) is 0 Å². The van der Waals surface area contributed by atoms with E-state index in [1.54, 1.807) is 34.1 Å². The number of benzene rings is 1. The molecule has 134 valence electrons. The maximum absolute atomic E-state index is 12.3. The highest BCUT2D eigenvalue weighted by molar-refractivity contribution is 6.35. The van der Waals surface area contributed by atoms with Crippen molar-refractivity contribution in [3.63, 3.8) is 0 Å². The van der Waals surface area contributed by atoms with Crippen LogP contribution in [0.25, 0.3) is 6.08 Å². The van der Waals surface area contributed by atoms with Gasteiger partial charge < -0.3 is 14.5 Å². The summed E-state index contributed by atoms with van der Waals surface area (Å²) in [6.07, 6.45) is 4.63. The first-order valence-corrected chi connectivity index (χ1v) is 9.12. The van der Waals surface area contributed by atoms with E-state index in [0.29, 0.717) is 42.8 Å². The summed E-state index contributed by atoms with van der Waals surface area (Å²) in [4.78, 5) is 28.2. The highest BCUT2D eigenvalue weighted by Crippen LogP contribution is 2.22. The van der Waals surface area contributed by atoms with Crippen LogP contribution < -0.4 is 0 Å². The lowest BCUT2D eigenvalue weighted by Gasteiger charge is -2.35. The second kappa shape index (κ2) is 8.21. The largest absolute Gasteiger partial charge is 0.368 e. The van der Waals surface area contributed by atoms with Crippen molar-refractivity contribution in [2.45, 2.75) is 18.9 Å². The van der Waals surface area contributed by atoms with E-state index in [1.807, 2.05) is 0 Å². The summed E-state index contributed by atoms with van der Waals surface area (Å²) >= 11 is 12.0. The fraction of sp³-hybridized carbons (Fsp3) is 0.444. The standard InChI is InChI=1S/C18H20Cl2N2O3/c19-14-5-3-13(15(20)12-14)4-6-17(23)21-7-9-22(10-8-21)18(24)16-2-1-11-25-16/h3-6,12,16H,1-2,7-11H2/b6-4+/t16-/m1/s1. The lowest BCUT2D eigenvalue weighted by molar-refractivity contribution is -0.144. The number of halogens is 2. The van der Waals surface area contributed by atoms with Crippen LogP contribution in [0.4, 0.5) is 0 Å². The van der Waals surface area contributed by atoms with Gasteiger partial charge in [-0.2, -0.15) is 0 Å². The second-order valence-electron chi connectivity index (χ2n) is 6.15. The zero-order valence-electron chi connectivity index (χ0n) is 13.8. The molecule has 2 amide bonds. The number of piperazine rings is 1. The van der Waals surface area contributed by atoms with Crippen molar-refractivity contribution in [3.8, 4) is 0 Å². The van der Waals surface area contributed by atoms with E-state index in [-0.39, 0.29) is 17.9 Å². The number of hydrogen-bond acceptors (Lipinski definition) is 3. The molecule has 25 heavy (non-hydrogen) atoms. The van der Waals surface area contributed by atoms with E-state index < -0.39 is 0 Å². The fourth-order valence-corrected chi connectivity index (χ4v) is 3.50. The van der Waals surface area contributed by atoms with Gasteiger partial charge in [0, 0.05) is 48.9 Å². The average molecular weight is 383 g/mol. The van der Waals surface area contributed by atoms with Gasteiger partial charge in [0.25, 0.3) is 5.91 Å². The summed E-state index contributed by atoms with van der Waals surface area (Å²) in [5, 5.41) is 1.06. The van der Waals surface area contributed by atoms with Crippen LogP contribution >= 0.6 is 23.2 Å². The normalized spacial score (nSPS) is 21.1. The molecular weight excluding hydrogens is 363 g/mol. The Labute approximate surface area is 157 Å². The summed E-state index contributed by atoms with van der Waals surface area (Å²) in [6, 6.07) is 5.14. The molecule has 2 aliphatic rings. The van der Waals surface area contributed by atoms with Crippen molar-refractivity contribution in [1.29, 1.82) is 0 Å². The van der Waals surface area contributed by atoms with Gasteiger partial charge in [0.2, 0.25) is 5.91 Å². The molecule has 0 unspecified atom stereocenters. The molecule has 1 aromatic carbocycles. The molecule has 1 aromatic rings. The van der Waals surface area contributed by atoms with Gasteiger partial charge in [-0.15, -0.1) is 0 Å². The van der Waals surface area contributed by atoms with Gasteiger partial charge in [0.05, 0.1) is 0 Å². The van der Waals surface area contributed by atoms with E-state index in [0.717, 1.165) is 18.4 Å². The minimum atomic E-state index is -0.297. The Bertz CT molecular complexity index is 679. The minimum absolute atomic E-state index is 0.0492. The lowest BCUT2D eigenvalue weighted by Crippen LogP contribution is -2.52. The van der Waals surface area contributed by atoms with Gasteiger partial charge in [0.1, 0.15) is 6.10 Å². The molecular formula is C18H20Cl2N2O3. The summed E-state index contributed by atoms with van der Waals surface area (Å²) < 4.78 is 5.44. The maximum atomic E-state index is 12.3. The van der Waals surface area contributed by atoms with E-state index in [1.165, 1.54) is 6.08 Å². The molecule has 0 radical (unpaired) electrons. The van der Waals surface area contributed by atoms with Crippen LogP contribution in [-0.2, 0) is 14.3 Å². The van der Waals surface area contributed by atoms with Gasteiger partial charge in [0.15, 0.2) is 0 Å². The Morgan fingerprint density at radius 3 is 2.48 bits per heavy atom. The monoisotopic (exact) mass is 382 g/mol. The lowest BCUT2D eigenvalue weighted by atomic mass is 10.2. The van der Waals surface area contributed by atoms with E-state index in [4.69, 9.17) is 27.9 Å². The molecule has 2 aliphatic heterocycles. The summed E-state index contributed by atoms with van der Waals surface area (Å²) in [6.45, 7) is 2.79. The van der Waals surface area contributed by atoms with Crippen LogP contribution in [0.1, 0.15) is 18.4 Å². The van der Waals surface area contributed by atoms with Crippen LogP contribution in [0.3, 0.4) is 0 Å². The SMILES string of the molecule is O=C(/C=C/c1ccc(Cl)cc1Cl)N1CCN(C(=O)[C@H]2CCCO2)CC1. The second-order valence-corrected chi connectivity index (χ2v) is 7.00. The van der Waals surface area contributed by atoms with Gasteiger partial charge >= 0.3 is 0 Å². The van der Waals surface area contributed by atoms with Gasteiger partial charge in [-0.3, -0.25) is 9.59 Å². The molecule has 0 saturated carbocycles. The smallest absolute Gasteiger partial charge is 0.251 e. The number of nitrogens with zero attached hydrogens (tertiary/aromatic N) is 2. The first kappa shape index (κ1) is 18.2. The number of hydrogen-bond donors (Lipinski definition) is 0. The van der Waals surface area contributed by atoms with Gasteiger partial charge in [-0.05, 0) is 36.6 Å². The third-order valence-corrected chi connectivity index (χ3v) is 5.04. The number of carbonyl (C=O) groups excluding carboxylic acids is 2. The van der Waals surface area contributed by atoms with Crippen LogP contribution in [0, 0.1) is 0 Å². The molecule has 2 fully saturated rings. The summed E-state index contributed by atoms with van der Waals surface area (Å²) in [7, 11) is 0. The molecule has 0 N–H and O–H groups in total. The zero-order chi connectivity index (χ0) is 17.8. The van der Waals surface area contributed by atoms with Gasteiger partial charge in [-0.1, -0.05) is 29.3 Å². The number of ether oxygens (including phenoxy) is 1. The fourth-order valence-electron chi connectivity index (χ4n) is 3.03. The Balaban J connectivity index is 1.52. The number of amides is 2. The van der Waals surface area contributed by atoms with E-state index >= 15 is 0 Å². The third kappa shape index (κ3) is 4.54. The average Bonchev–Trinajstić information content (AvgIpc) is 3.15. The molecule has 5 nitrogen and oxygen atoms in total. The maximum Gasteiger partial charge on any atom is 0.251 e. The van der Waals surface area contributed by atoms with Crippen molar-refractivity contribution in [2.75, 3.05) is 32.8 Å². The van der Waals surface area contributed by atoms with E-state index in [2.05, 4.69) is 0 Å². The Kier molecular flexibility index (Phi) is 5.99. The number of carbonyl (C=O) groups is 2. The van der Waals surface area contributed by atoms with Crippen molar-refractivity contribution < 1.29 is 14.3 Å². The Morgan fingerprint density at radius 2 is 1.84 bits per heavy atom. The molecule has 3 rings (SSSR count). The highest BCUT2D eigenvalue weighted by Gasteiger charge is 2.30.